The highest BCUT2D eigenvalue weighted by molar-refractivity contribution is 7.99. The van der Waals surface area contributed by atoms with Gasteiger partial charge in [0.1, 0.15) is 6.04 Å². The van der Waals surface area contributed by atoms with Gasteiger partial charge in [0.05, 0.1) is 6.17 Å². The van der Waals surface area contributed by atoms with Crippen LogP contribution in [0.2, 0.25) is 0 Å². The molecule has 4 heteroatoms. The maximum Gasteiger partial charge on any atom is 0.245 e. The number of carbonyl (C=O) groups excluding carboxylic acids is 1. The van der Waals surface area contributed by atoms with Gasteiger partial charge in [0.25, 0.3) is 0 Å². The number of rotatable bonds is 5. The first-order chi connectivity index (χ1) is 9.15. The molecular formula is C15H22N2OS. The van der Waals surface area contributed by atoms with Crippen molar-refractivity contribution in [1.29, 1.82) is 0 Å². The van der Waals surface area contributed by atoms with Gasteiger partial charge in [-0.05, 0) is 25.2 Å². The minimum atomic E-state index is -0.190. The second kappa shape index (κ2) is 6.44. The molecule has 3 nitrogen and oxygen atoms in total. The quantitative estimate of drug-likeness (QED) is 0.898. The Bertz CT molecular complexity index is 423. The van der Waals surface area contributed by atoms with Gasteiger partial charge in [0.15, 0.2) is 0 Å². The van der Waals surface area contributed by atoms with E-state index >= 15 is 0 Å². The molecule has 1 fully saturated rings. The lowest BCUT2D eigenvalue weighted by molar-refractivity contribution is -0.131. The summed E-state index contributed by atoms with van der Waals surface area (Å²) in [5, 5.41) is 3.39. The molecule has 1 heterocycles. The number of carbonyl (C=O) groups is 1. The number of hydrogen-bond donors (Lipinski definition) is 1. The highest BCUT2D eigenvalue weighted by Gasteiger charge is 2.39. The first-order valence-electron chi connectivity index (χ1n) is 6.86. The van der Waals surface area contributed by atoms with Crippen LogP contribution in [0.5, 0.6) is 0 Å². The molecule has 104 valence electrons. The molecule has 0 spiro atoms. The van der Waals surface area contributed by atoms with Crippen molar-refractivity contribution in [1.82, 2.24) is 10.2 Å². The largest absolute Gasteiger partial charge is 0.322 e. The van der Waals surface area contributed by atoms with Gasteiger partial charge in [-0.1, -0.05) is 37.3 Å². The van der Waals surface area contributed by atoms with E-state index < -0.39 is 0 Å². The topological polar surface area (TPSA) is 32.3 Å². The van der Waals surface area contributed by atoms with E-state index in [1.807, 2.05) is 47.0 Å². The standard InChI is InChI=1S/C15H22N2OS/c1-4-19-10-11(2)17-12(3)16-14(15(17)18)13-8-6-5-7-9-13/h5-9,11-12,14,16H,4,10H2,1-3H3. The number of hydrogen-bond acceptors (Lipinski definition) is 3. The second-order valence-corrected chi connectivity index (χ2v) is 6.26. The Morgan fingerprint density at radius 2 is 2.05 bits per heavy atom. The predicted molar refractivity (Wildman–Crippen MR) is 81.1 cm³/mol. The molecule has 0 aromatic heterocycles. The number of benzene rings is 1. The lowest BCUT2D eigenvalue weighted by Gasteiger charge is -2.27. The van der Waals surface area contributed by atoms with Gasteiger partial charge in [-0.2, -0.15) is 11.8 Å². The third-order valence-corrected chi connectivity index (χ3v) is 4.62. The summed E-state index contributed by atoms with van der Waals surface area (Å²) in [5.74, 6) is 2.29. The predicted octanol–water partition coefficient (Wildman–Crippen LogP) is 2.65. The van der Waals surface area contributed by atoms with Crippen LogP contribution in [-0.2, 0) is 4.79 Å². The van der Waals surface area contributed by atoms with E-state index in [2.05, 4.69) is 26.1 Å². The van der Waals surface area contributed by atoms with E-state index in [-0.39, 0.29) is 24.2 Å². The van der Waals surface area contributed by atoms with Gasteiger partial charge in [-0.15, -0.1) is 0 Å². The van der Waals surface area contributed by atoms with Crippen molar-refractivity contribution in [2.45, 2.75) is 39.0 Å². The molecule has 2 rings (SSSR count). The van der Waals surface area contributed by atoms with E-state index in [1.165, 1.54) is 0 Å². The lowest BCUT2D eigenvalue weighted by Crippen LogP contribution is -2.42. The van der Waals surface area contributed by atoms with E-state index in [4.69, 9.17) is 0 Å². The van der Waals surface area contributed by atoms with Crippen molar-refractivity contribution < 1.29 is 4.79 Å². The van der Waals surface area contributed by atoms with Crippen molar-refractivity contribution in [3.8, 4) is 0 Å². The molecule has 0 saturated carbocycles. The fourth-order valence-electron chi connectivity index (χ4n) is 2.58. The minimum Gasteiger partial charge on any atom is -0.322 e. The van der Waals surface area contributed by atoms with Crippen molar-refractivity contribution in [2.24, 2.45) is 0 Å². The van der Waals surface area contributed by atoms with Crippen LogP contribution < -0.4 is 5.32 Å². The zero-order valence-electron chi connectivity index (χ0n) is 11.8. The van der Waals surface area contributed by atoms with Crippen LogP contribution in [0.25, 0.3) is 0 Å². The zero-order chi connectivity index (χ0) is 13.8. The molecule has 1 saturated heterocycles. The third-order valence-electron chi connectivity index (χ3n) is 3.50. The summed E-state index contributed by atoms with van der Waals surface area (Å²) in [4.78, 5) is 14.6. The summed E-state index contributed by atoms with van der Waals surface area (Å²) in [6, 6.07) is 10.0. The van der Waals surface area contributed by atoms with Gasteiger partial charge in [-0.3, -0.25) is 10.1 Å². The summed E-state index contributed by atoms with van der Waals surface area (Å²) in [5.41, 5.74) is 1.05. The average molecular weight is 278 g/mol. The molecule has 3 atom stereocenters. The summed E-state index contributed by atoms with van der Waals surface area (Å²) in [6.45, 7) is 6.34. The molecule has 0 bridgehead atoms. The highest BCUT2D eigenvalue weighted by Crippen LogP contribution is 2.26. The number of nitrogens with one attached hydrogen (secondary N) is 1. The Hall–Kier alpha value is -1.00. The van der Waals surface area contributed by atoms with Crippen LogP contribution >= 0.6 is 11.8 Å². The molecular weight excluding hydrogens is 256 g/mol. The normalized spacial score (nSPS) is 24.8. The molecule has 1 aromatic carbocycles. The van der Waals surface area contributed by atoms with E-state index in [9.17, 15) is 4.79 Å². The smallest absolute Gasteiger partial charge is 0.245 e. The van der Waals surface area contributed by atoms with E-state index in [0.717, 1.165) is 17.1 Å². The first-order valence-corrected chi connectivity index (χ1v) is 8.01. The van der Waals surface area contributed by atoms with Crippen LogP contribution in [0.3, 0.4) is 0 Å². The Kier molecular flexibility index (Phi) is 4.88. The number of thioether (sulfide) groups is 1. The number of amides is 1. The minimum absolute atomic E-state index is 0.102. The lowest BCUT2D eigenvalue weighted by atomic mass is 10.1. The van der Waals surface area contributed by atoms with Crippen LogP contribution in [0, 0.1) is 0 Å². The fraction of sp³-hybridized carbons (Fsp3) is 0.533. The molecule has 3 unspecified atom stereocenters. The monoisotopic (exact) mass is 278 g/mol. The molecule has 0 aliphatic carbocycles. The maximum absolute atomic E-state index is 12.6. The molecule has 1 aliphatic rings. The molecule has 1 aliphatic heterocycles. The average Bonchev–Trinajstić information content (AvgIpc) is 2.72. The first kappa shape index (κ1) is 14.4. The van der Waals surface area contributed by atoms with Gasteiger partial charge >= 0.3 is 0 Å². The summed E-state index contributed by atoms with van der Waals surface area (Å²) >= 11 is 1.88. The number of nitrogens with zero attached hydrogens (tertiary/aromatic N) is 1. The molecule has 0 radical (unpaired) electrons. The second-order valence-electron chi connectivity index (χ2n) is 4.94. The molecule has 1 aromatic rings. The fourth-order valence-corrected chi connectivity index (χ4v) is 3.32. The van der Waals surface area contributed by atoms with Gasteiger partial charge < -0.3 is 4.90 Å². The summed E-state index contributed by atoms with van der Waals surface area (Å²) in [6.07, 6.45) is 0.102. The van der Waals surface area contributed by atoms with Crippen molar-refractivity contribution in [2.75, 3.05) is 11.5 Å². The summed E-state index contributed by atoms with van der Waals surface area (Å²) < 4.78 is 0. The molecule has 1 N–H and O–H groups in total. The van der Waals surface area contributed by atoms with Gasteiger partial charge in [0, 0.05) is 11.8 Å². The molecule has 19 heavy (non-hydrogen) atoms. The van der Waals surface area contributed by atoms with Crippen molar-refractivity contribution >= 4 is 17.7 Å². The maximum atomic E-state index is 12.6. The third kappa shape index (κ3) is 3.12. The van der Waals surface area contributed by atoms with Gasteiger partial charge in [0.2, 0.25) is 5.91 Å². The van der Waals surface area contributed by atoms with Crippen molar-refractivity contribution in [3.63, 3.8) is 0 Å². The SMILES string of the molecule is CCSCC(C)N1C(=O)C(c2ccccc2)NC1C. The Morgan fingerprint density at radius 1 is 1.37 bits per heavy atom. The highest BCUT2D eigenvalue weighted by atomic mass is 32.2. The zero-order valence-corrected chi connectivity index (χ0v) is 12.6. The van der Waals surface area contributed by atoms with Crippen molar-refractivity contribution in [3.05, 3.63) is 35.9 Å². The van der Waals surface area contributed by atoms with E-state index in [1.54, 1.807) is 0 Å². The Morgan fingerprint density at radius 3 is 2.68 bits per heavy atom. The Labute approximate surface area is 119 Å². The van der Waals surface area contributed by atoms with Crippen LogP contribution in [0.1, 0.15) is 32.4 Å². The van der Waals surface area contributed by atoms with Crippen LogP contribution in [-0.4, -0.2) is 34.5 Å². The Balaban J connectivity index is 2.10. The molecule has 1 amide bonds. The van der Waals surface area contributed by atoms with Crippen LogP contribution in [0.4, 0.5) is 0 Å². The summed E-state index contributed by atoms with van der Waals surface area (Å²) in [7, 11) is 0. The van der Waals surface area contributed by atoms with Crippen LogP contribution in [0.15, 0.2) is 30.3 Å². The van der Waals surface area contributed by atoms with E-state index in [0.29, 0.717) is 0 Å². The van der Waals surface area contributed by atoms with Gasteiger partial charge in [-0.25, -0.2) is 0 Å².